The zero-order valence-electron chi connectivity index (χ0n) is 5.97. The first kappa shape index (κ1) is 8.85. The standard InChI is InChI=1S/C5H10FN.CH4O/c1-7-3-2-5(6)4-7;1-2/h5H,2-4H2,1H3;2H,1H3. The Balaban J connectivity index is 0.000000291. The van der Waals surface area contributed by atoms with Gasteiger partial charge in [0.15, 0.2) is 0 Å². The van der Waals surface area contributed by atoms with Gasteiger partial charge in [0.2, 0.25) is 0 Å². The first-order valence-corrected chi connectivity index (χ1v) is 3.06. The number of aliphatic hydroxyl groups excluding tert-OH is 1. The molecule has 1 aliphatic rings. The van der Waals surface area contributed by atoms with Gasteiger partial charge in [-0.1, -0.05) is 0 Å². The number of likely N-dealkylation sites (tertiary alicyclic amines) is 1. The summed E-state index contributed by atoms with van der Waals surface area (Å²) in [4.78, 5) is 2.00. The van der Waals surface area contributed by atoms with Gasteiger partial charge in [0.25, 0.3) is 0 Å². The second-order valence-corrected chi connectivity index (χ2v) is 2.15. The summed E-state index contributed by atoms with van der Waals surface area (Å²) in [7, 11) is 2.94. The fraction of sp³-hybridized carbons (Fsp3) is 1.00. The van der Waals surface area contributed by atoms with Crippen LogP contribution in [0, 0.1) is 0 Å². The average Bonchev–Trinajstić information content (AvgIpc) is 2.20. The van der Waals surface area contributed by atoms with E-state index in [2.05, 4.69) is 0 Å². The summed E-state index contributed by atoms with van der Waals surface area (Å²) in [6.45, 7) is 1.57. The van der Waals surface area contributed by atoms with E-state index in [1.54, 1.807) is 0 Å². The quantitative estimate of drug-likeness (QED) is 0.515. The first-order chi connectivity index (χ1) is 4.29. The Labute approximate surface area is 55.3 Å². The molecule has 1 unspecified atom stereocenters. The van der Waals surface area contributed by atoms with E-state index in [1.807, 2.05) is 11.9 Å². The van der Waals surface area contributed by atoms with Crippen LogP contribution in [0.3, 0.4) is 0 Å². The van der Waals surface area contributed by atoms with Crippen LogP contribution in [-0.4, -0.2) is 43.4 Å². The lowest BCUT2D eigenvalue weighted by Crippen LogP contribution is -2.13. The maximum Gasteiger partial charge on any atom is 0.114 e. The molecular weight excluding hydrogens is 121 g/mol. The summed E-state index contributed by atoms with van der Waals surface area (Å²) >= 11 is 0. The Morgan fingerprint density at radius 3 is 2.22 bits per heavy atom. The van der Waals surface area contributed by atoms with Crippen LogP contribution in [0.5, 0.6) is 0 Å². The number of alkyl halides is 1. The molecule has 1 heterocycles. The SMILES string of the molecule is CN1CCC(F)C1.CO. The predicted molar refractivity (Wildman–Crippen MR) is 35.2 cm³/mol. The van der Waals surface area contributed by atoms with E-state index in [4.69, 9.17) is 5.11 Å². The maximum atomic E-state index is 12.1. The Morgan fingerprint density at radius 1 is 1.56 bits per heavy atom. The highest BCUT2D eigenvalue weighted by molar-refractivity contribution is 4.70. The van der Waals surface area contributed by atoms with Crippen LogP contribution in [0.2, 0.25) is 0 Å². The molecule has 1 N–H and O–H groups in total. The second kappa shape index (κ2) is 4.70. The molecule has 0 spiro atoms. The lowest BCUT2D eigenvalue weighted by Gasteiger charge is -2.01. The molecule has 0 amide bonds. The van der Waals surface area contributed by atoms with Gasteiger partial charge >= 0.3 is 0 Å². The Kier molecular flexibility index (Phi) is 4.62. The van der Waals surface area contributed by atoms with Crippen molar-refractivity contribution in [2.75, 3.05) is 27.2 Å². The minimum Gasteiger partial charge on any atom is -0.400 e. The molecule has 0 bridgehead atoms. The van der Waals surface area contributed by atoms with Crippen LogP contribution in [-0.2, 0) is 0 Å². The summed E-state index contributed by atoms with van der Waals surface area (Å²) in [6.07, 6.45) is 0.182. The van der Waals surface area contributed by atoms with Gasteiger partial charge in [-0.25, -0.2) is 4.39 Å². The molecule has 0 radical (unpaired) electrons. The van der Waals surface area contributed by atoms with Crippen molar-refractivity contribution in [3.63, 3.8) is 0 Å². The Morgan fingerprint density at radius 2 is 2.11 bits per heavy atom. The Bertz CT molecular complexity index is 62.1. The van der Waals surface area contributed by atoms with Crippen molar-refractivity contribution in [1.29, 1.82) is 0 Å². The third kappa shape index (κ3) is 3.43. The van der Waals surface area contributed by atoms with E-state index in [-0.39, 0.29) is 0 Å². The summed E-state index contributed by atoms with van der Waals surface area (Å²) < 4.78 is 12.1. The molecule has 2 nitrogen and oxygen atoms in total. The van der Waals surface area contributed by atoms with Crippen LogP contribution in [0.15, 0.2) is 0 Å². The molecule has 0 aliphatic carbocycles. The van der Waals surface area contributed by atoms with E-state index >= 15 is 0 Å². The zero-order valence-corrected chi connectivity index (χ0v) is 5.97. The molecule has 56 valence electrons. The molecular formula is C6H14FNO. The third-order valence-electron chi connectivity index (χ3n) is 1.33. The molecule has 3 heteroatoms. The van der Waals surface area contributed by atoms with E-state index in [1.165, 1.54) is 0 Å². The highest BCUT2D eigenvalue weighted by atomic mass is 19.1. The van der Waals surface area contributed by atoms with E-state index in [0.717, 1.165) is 20.1 Å². The molecule has 1 saturated heterocycles. The van der Waals surface area contributed by atoms with Crippen LogP contribution in [0.4, 0.5) is 4.39 Å². The summed E-state index contributed by atoms with van der Waals surface area (Å²) in [5.74, 6) is 0. The molecule has 0 aromatic heterocycles. The zero-order chi connectivity index (χ0) is 7.28. The fourth-order valence-corrected chi connectivity index (χ4v) is 0.881. The lowest BCUT2D eigenvalue weighted by molar-refractivity contribution is 0.321. The van der Waals surface area contributed by atoms with Gasteiger partial charge in [0, 0.05) is 20.2 Å². The monoisotopic (exact) mass is 135 g/mol. The van der Waals surface area contributed by atoms with Crippen molar-refractivity contribution in [3.8, 4) is 0 Å². The molecule has 1 rings (SSSR count). The van der Waals surface area contributed by atoms with Crippen LogP contribution >= 0.6 is 0 Å². The average molecular weight is 135 g/mol. The number of halogens is 1. The normalized spacial score (nSPS) is 27.3. The third-order valence-corrected chi connectivity index (χ3v) is 1.33. The van der Waals surface area contributed by atoms with Crippen molar-refractivity contribution in [1.82, 2.24) is 4.90 Å². The van der Waals surface area contributed by atoms with Crippen molar-refractivity contribution >= 4 is 0 Å². The minimum atomic E-state index is -0.551. The van der Waals surface area contributed by atoms with Crippen molar-refractivity contribution < 1.29 is 9.50 Å². The molecule has 0 aromatic carbocycles. The first-order valence-electron chi connectivity index (χ1n) is 3.06. The maximum absolute atomic E-state index is 12.1. The Hall–Kier alpha value is -0.150. The topological polar surface area (TPSA) is 23.5 Å². The van der Waals surface area contributed by atoms with E-state index in [9.17, 15) is 4.39 Å². The number of hydrogen-bond acceptors (Lipinski definition) is 2. The number of nitrogens with zero attached hydrogens (tertiary/aromatic N) is 1. The molecule has 0 aromatic rings. The minimum absolute atomic E-state index is 0.551. The summed E-state index contributed by atoms with van der Waals surface area (Å²) in [5, 5.41) is 7.00. The van der Waals surface area contributed by atoms with Crippen molar-refractivity contribution in [3.05, 3.63) is 0 Å². The summed E-state index contributed by atoms with van der Waals surface area (Å²) in [5.41, 5.74) is 0. The van der Waals surface area contributed by atoms with Gasteiger partial charge in [-0.3, -0.25) is 0 Å². The fourth-order valence-electron chi connectivity index (χ4n) is 0.881. The van der Waals surface area contributed by atoms with Crippen molar-refractivity contribution in [2.24, 2.45) is 0 Å². The molecule has 1 atom stereocenters. The second-order valence-electron chi connectivity index (χ2n) is 2.15. The van der Waals surface area contributed by atoms with Gasteiger partial charge in [-0.05, 0) is 13.5 Å². The molecule has 9 heavy (non-hydrogen) atoms. The highest BCUT2D eigenvalue weighted by Crippen LogP contribution is 2.08. The van der Waals surface area contributed by atoms with E-state index < -0.39 is 6.17 Å². The van der Waals surface area contributed by atoms with E-state index in [0.29, 0.717) is 6.54 Å². The van der Waals surface area contributed by atoms with Crippen LogP contribution in [0.1, 0.15) is 6.42 Å². The predicted octanol–water partition coefficient (Wildman–Crippen LogP) is 0.269. The number of hydrogen-bond donors (Lipinski definition) is 1. The molecule has 1 aliphatic heterocycles. The summed E-state index contributed by atoms with van der Waals surface area (Å²) in [6, 6.07) is 0. The van der Waals surface area contributed by atoms with Crippen LogP contribution < -0.4 is 0 Å². The smallest absolute Gasteiger partial charge is 0.114 e. The van der Waals surface area contributed by atoms with Gasteiger partial charge in [-0.15, -0.1) is 0 Å². The largest absolute Gasteiger partial charge is 0.400 e. The molecule has 0 saturated carbocycles. The highest BCUT2D eigenvalue weighted by Gasteiger charge is 2.17. The molecule has 1 fully saturated rings. The lowest BCUT2D eigenvalue weighted by atomic mass is 10.4. The van der Waals surface area contributed by atoms with Gasteiger partial charge < -0.3 is 10.0 Å². The van der Waals surface area contributed by atoms with Crippen LogP contribution in [0.25, 0.3) is 0 Å². The number of aliphatic hydroxyl groups is 1. The van der Waals surface area contributed by atoms with Gasteiger partial charge in [0.1, 0.15) is 6.17 Å². The van der Waals surface area contributed by atoms with Gasteiger partial charge in [0.05, 0.1) is 0 Å². The van der Waals surface area contributed by atoms with Gasteiger partial charge in [-0.2, -0.15) is 0 Å². The number of rotatable bonds is 0. The van der Waals surface area contributed by atoms with Crippen molar-refractivity contribution in [2.45, 2.75) is 12.6 Å².